The summed E-state index contributed by atoms with van der Waals surface area (Å²) in [5.74, 6) is -7.20. The van der Waals surface area contributed by atoms with Gasteiger partial charge in [-0.3, -0.25) is 9.59 Å². The van der Waals surface area contributed by atoms with Crippen LogP contribution in [0.4, 0.5) is 0 Å². The fourth-order valence-electron chi connectivity index (χ4n) is 6.75. The zero-order valence-electron chi connectivity index (χ0n) is 30.3. The summed E-state index contributed by atoms with van der Waals surface area (Å²) in [7, 11) is 0. The average Bonchev–Trinajstić information content (AvgIpc) is 3.00. The van der Waals surface area contributed by atoms with Crippen LogP contribution in [0, 0.1) is 10.8 Å². The number of carbonyl (C=O) groups is 6. The van der Waals surface area contributed by atoms with Crippen LogP contribution in [0.2, 0.25) is 0 Å². The molecule has 5 aliphatic rings. The van der Waals surface area contributed by atoms with E-state index in [0.717, 1.165) is 0 Å². The minimum atomic E-state index is -1.63. The third-order valence-electron chi connectivity index (χ3n) is 9.61. The maximum Gasteiger partial charge on any atom is 0.348 e. The Labute approximate surface area is 301 Å². The number of aliphatic hydroxyl groups is 2. The zero-order chi connectivity index (χ0) is 38.2. The molecule has 12 nitrogen and oxygen atoms in total. The number of rotatable bonds is 6. The van der Waals surface area contributed by atoms with E-state index in [4.69, 9.17) is 18.9 Å². The summed E-state index contributed by atoms with van der Waals surface area (Å²) >= 11 is 0. The molecule has 2 N–H and O–H groups in total. The van der Waals surface area contributed by atoms with Crippen LogP contribution in [0.5, 0.6) is 0 Å². The van der Waals surface area contributed by atoms with E-state index in [9.17, 15) is 39.0 Å². The van der Waals surface area contributed by atoms with E-state index in [0.29, 0.717) is 36.8 Å². The van der Waals surface area contributed by atoms with Crippen LogP contribution in [0.25, 0.3) is 0 Å². The average molecular weight is 717 g/mol. The molecule has 52 heavy (non-hydrogen) atoms. The van der Waals surface area contributed by atoms with Gasteiger partial charge < -0.3 is 29.2 Å². The van der Waals surface area contributed by atoms with Crippen molar-refractivity contribution in [2.75, 3.05) is 0 Å². The highest BCUT2D eigenvalue weighted by molar-refractivity contribution is 6.16. The van der Waals surface area contributed by atoms with Gasteiger partial charge in [-0.2, -0.15) is 0 Å². The molecule has 12 heteroatoms. The van der Waals surface area contributed by atoms with E-state index in [1.54, 1.807) is 26.0 Å². The quantitative estimate of drug-likeness (QED) is 0.134. The van der Waals surface area contributed by atoms with Crippen molar-refractivity contribution in [2.45, 2.75) is 104 Å². The minimum absolute atomic E-state index is 0.0175. The first-order valence-corrected chi connectivity index (χ1v) is 17.2. The van der Waals surface area contributed by atoms with Gasteiger partial charge in [0.15, 0.2) is 11.6 Å². The lowest BCUT2D eigenvalue weighted by atomic mass is 9.76. The second kappa shape index (κ2) is 14.0. The van der Waals surface area contributed by atoms with Crippen LogP contribution in [0.1, 0.15) is 92.9 Å². The van der Waals surface area contributed by atoms with Gasteiger partial charge >= 0.3 is 23.9 Å². The fraction of sp³-hybridized carbons (Fsp3) is 0.450. The van der Waals surface area contributed by atoms with Crippen LogP contribution >= 0.6 is 0 Å². The molecule has 2 spiro atoms. The second-order valence-electron chi connectivity index (χ2n) is 15.6. The number of hydrogen-bond acceptors (Lipinski definition) is 12. The molecule has 3 aliphatic carbocycles. The minimum Gasteiger partial charge on any atom is -0.512 e. The van der Waals surface area contributed by atoms with Gasteiger partial charge in [0.1, 0.15) is 22.7 Å². The monoisotopic (exact) mass is 716 g/mol. The van der Waals surface area contributed by atoms with Gasteiger partial charge in [-0.25, -0.2) is 19.2 Å². The third-order valence-corrected chi connectivity index (χ3v) is 9.61. The maximum absolute atomic E-state index is 12.9. The lowest BCUT2D eigenvalue weighted by Gasteiger charge is -2.46. The van der Waals surface area contributed by atoms with E-state index in [-0.39, 0.29) is 81.9 Å². The van der Waals surface area contributed by atoms with Gasteiger partial charge in [0.25, 0.3) is 11.6 Å². The summed E-state index contributed by atoms with van der Waals surface area (Å²) in [6, 6.07) is 0. The van der Waals surface area contributed by atoms with Crippen molar-refractivity contribution < 1.29 is 57.9 Å². The SMILES string of the molecule is CC(/C=C/C1=C(O)CC(C)(C)CC1=O)=C\C=C1C(=O)OC2(CCC3(CC2)OC(=O)C(=C/C=C(C)/C=C/C2=C(O)CC(C)(C)CC2=O)C(=O)O3)OC1=O. The number of ketones is 2. The fourth-order valence-corrected chi connectivity index (χ4v) is 6.75. The molecular formula is C40H44O12. The van der Waals surface area contributed by atoms with Crippen LogP contribution in [-0.4, -0.2) is 57.2 Å². The molecule has 0 unspecified atom stereocenters. The maximum atomic E-state index is 12.9. The molecule has 0 atom stereocenters. The van der Waals surface area contributed by atoms with Gasteiger partial charge in [0.05, 0.1) is 11.1 Å². The molecule has 3 fully saturated rings. The Morgan fingerprint density at radius 3 is 1.13 bits per heavy atom. The molecule has 1 saturated carbocycles. The van der Waals surface area contributed by atoms with Crippen LogP contribution in [0.15, 0.2) is 93.6 Å². The Balaban J connectivity index is 1.18. The molecule has 276 valence electrons. The molecular weight excluding hydrogens is 672 g/mol. The Morgan fingerprint density at radius 1 is 0.538 bits per heavy atom. The van der Waals surface area contributed by atoms with Gasteiger partial charge in [0.2, 0.25) is 0 Å². The van der Waals surface area contributed by atoms with Gasteiger partial charge in [-0.15, -0.1) is 0 Å². The smallest absolute Gasteiger partial charge is 0.348 e. The lowest BCUT2D eigenvalue weighted by Crippen LogP contribution is -2.56. The molecule has 0 radical (unpaired) electrons. The second-order valence-corrected chi connectivity index (χ2v) is 15.6. The van der Waals surface area contributed by atoms with Crippen LogP contribution in [-0.2, 0) is 47.7 Å². The summed E-state index contributed by atoms with van der Waals surface area (Å²) in [6.07, 6.45) is 12.7. The molecule has 2 aliphatic heterocycles. The predicted octanol–water partition coefficient (Wildman–Crippen LogP) is 6.41. The Morgan fingerprint density at radius 2 is 0.846 bits per heavy atom. The zero-order valence-corrected chi connectivity index (χ0v) is 30.3. The highest BCUT2D eigenvalue weighted by Crippen LogP contribution is 2.45. The van der Waals surface area contributed by atoms with Crippen molar-refractivity contribution in [2.24, 2.45) is 10.8 Å². The molecule has 0 aromatic carbocycles. The normalized spacial score (nSPS) is 28.5. The number of allylic oxidation sites excluding steroid dienone is 14. The Kier molecular flexibility index (Phi) is 10.3. The topological polar surface area (TPSA) is 180 Å². The van der Waals surface area contributed by atoms with Crippen molar-refractivity contribution in [3.63, 3.8) is 0 Å². The Bertz CT molecular complexity index is 1700. The highest BCUT2D eigenvalue weighted by Gasteiger charge is 2.56. The van der Waals surface area contributed by atoms with E-state index in [1.165, 1.54) is 36.5 Å². The molecule has 0 bridgehead atoms. The summed E-state index contributed by atoms with van der Waals surface area (Å²) in [4.78, 5) is 76.7. The first kappa shape index (κ1) is 38.0. The molecule has 2 saturated heterocycles. The van der Waals surface area contributed by atoms with E-state index in [1.807, 2.05) is 27.7 Å². The Hall–Kier alpha value is -5.26. The largest absolute Gasteiger partial charge is 0.512 e. The number of Topliss-reactive ketones (excluding diaryl/α,β-unsaturated/α-hetero) is 2. The van der Waals surface area contributed by atoms with Gasteiger partial charge in [-0.05, 0) is 49.0 Å². The molecule has 5 rings (SSSR count). The number of carbonyl (C=O) groups excluding carboxylic acids is 6. The van der Waals surface area contributed by atoms with E-state index < -0.39 is 35.5 Å². The van der Waals surface area contributed by atoms with E-state index >= 15 is 0 Å². The van der Waals surface area contributed by atoms with E-state index in [2.05, 4.69) is 0 Å². The highest BCUT2D eigenvalue weighted by atomic mass is 16.8. The summed E-state index contributed by atoms with van der Waals surface area (Å²) in [5.41, 5.74) is 0.285. The van der Waals surface area contributed by atoms with Crippen LogP contribution in [0.3, 0.4) is 0 Å². The van der Waals surface area contributed by atoms with Crippen molar-refractivity contribution in [3.05, 3.63) is 93.6 Å². The lowest BCUT2D eigenvalue weighted by molar-refractivity contribution is -0.291. The summed E-state index contributed by atoms with van der Waals surface area (Å²) in [5, 5.41) is 20.7. The number of aliphatic hydroxyl groups excluding tert-OH is 2. The van der Waals surface area contributed by atoms with Crippen molar-refractivity contribution in [3.8, 4) is 0 Å². The molecule has 0 amide bonds. The third kappa shape index (κ3) is 8.43. The van der Waals surface area contributed by atoms with Crippen molar-refractivity contribution in [1.82, 2.24) is 0 Å². The number of ether oxygens (including phenoxy) is 4. The molecule has 0 aromatic heterocycles. The van der Waals surface area contributed by atoms with Gasteiger partial charge in [0, 0.05) is 51.4 Å². The standard InChI is InChI=1S/C40H44O12/c1-23(7-11-25-29(41)19-37(3,4)20-30(25)42)9-13-27-33(45)49-39(50-34(27)46)15-17-40(18-16-39)51-35(47)28(36(48)52-40)14-10-24(2)8-12-26-31(43)21-38(5,6)22-32(26)44/h7-14,41,43H,15-22H2,1-6H3/b11-7+,12-8+,23-9+,24-10+,27-13?,28-14?. The molecule has 0 aromatic rings. The summed E-state index contributed by atoms with van der Waals surface area (Å²) in [6.45, 7) is 11.0. The van der Waals surface area contributed by atoms with Crippen molar-refractivity contribution in [1.29, 1.82) is 0 Å². The van der Waals surface area contributed by atoms with Crippen molar-refractivity contribution >= 4 is 35.4 Å². The number of esters is 4. The summed E-state index contributed by atoms with van der Waals surface area (Å²) < 4.78 is 22.3. The van der Waals surface area contributed by atoms with Gasteiger partial charge in [-0.1, -0.05) is 63.1 Å². The number of hydrogen-bond donors (Lipinski definition) is 2. The van der Waals surface area contributed by atoms with Crippen LogP contribution < -0.4 is 0 Å². The first-order chi connectivity index (χ1) is 24.2. The predicted molar refractivity (Wildman–Crippen MR) is 186 cm³/mol. The first-order valence-electron chi connectivity index (χ1n) is 17.2. The molecule has 2 heterocycles.